The van der Waals surface area contributed by atoms with Crippen molar-refractivity contribution in [2.24, 2.45) is 5.10 Å². The number of amides is 2. The summed E-state index contributed by atoms with van der Waals surface area (Å²) in [5.41, 5.74) is 3.12. The van der Waals surface area contributed by atoms with Crippen LogP contribution in [0.3, 0.4) is 0 Å². The van der Waals surface area contributed by atoms with Crippen molar-refractivity contribution in [2.45, 2.75) is 0 Å². The number of methoxy groups -OCH3 is 3. The van der Waals surface area contributed by atoms with E-state index >= 15 is 0 Å². The molecule has 0 saturated carbocycles. The van der Waals surface area contributed by atoms with E-state index in [2.05, 4.69) is 15.8 Å². The van der Waals surface area contributed by atoms with Gasteiger partial charge in [0.2, 0.25) is 0 Å². The van der Waals surface area contributed by atoms with E-state index in [4.69, 9.17) is 14.2 Å². The van der Waals surface area contributed by atoms with Crippen LogP contribution < -0.4 is 25.0 Å². The van der Waals surface area contributed by atoms with Gasteiger partial charge in [0.25, 0.3) is 0 Å². The van der Waals surface area contributed by atoms with Crippen LogP contribution in [0.5, 0.6) is 17.2 Å². The predicted octanol–water partition coefficient (Wildman–Crippen LogP) is 1.80. The summed E-state index contributed by atoms with van der Waals surface area (Å²) in [4.78, 5) is 23.8. The Balaban J connectivity index is 2.02. The van der Waals surface area contributed by atoms with Gasteiger partial charge in [0.05, 0.1) is 33.2 Å². The number of hydrogen-bond acceptors (Lipinski definition) is 6. The molecule has 0 spiro atoms. The van der Waals surface area contributed by atoms with Crippen molar-refractivity contribution >= 4 is 23.7 Å². The van der Waals surface area contributed by atoms with Crippen molar-refractivity contribution in [2.75, 3.05) is 26.6 Å². The Morgan fingerprint density at radius 2 is 1.58 bits per heavy atom. The van der Waals surface area contributed by atoms with Gasteiger partial charge in [0, 0.05) is 5.56 Å². The zero-order valence-electron chi connectivity index (χ0n) is 14.6. The van der Waals surface area contributed by atoms with Crippen LogP contribution in [-0.4, -0.2) is 39.4 Å². The maximum atomic E-state index is 11.9. The molecule has 0 saturated heterocycles. The monoisotopic (exact) mass is 357 g/mol. The molecule has 0 atom stereocenters. The molecule has 8 heteroatoms. The van der Waals surface area contributed by atoms with Gasteiger partial charge in [-0.25, -0.2) is 5.43 Å². The maximum Gasteiger partial charge on any atom is 0.329 e. The molecule has 2 N–H and O–H groups in total. The summed E-state index contributed by atoms with van der Waals surface area (Å²) in [5, 5.41) is 6.23. The normalized spacial score (nSPS) is 10.3. The zero-order chi connectivity index (χ0) is 18.9. The number of ether oxygens (including phenoxy) is 3. The highest BCUT2D eigenvalue weighted by atomic mass is 16.5. The highest BCUT2D eigenvalue weighted by Gasteiger charge is 2.15. The van der Waals surface area contributed by atoms with Crippen molar-refractivity contribution in [3.63, 3.8) is 0 Å². The molecule has 0 bridgehead atoms. The van der Waals surface area contributed by atoms with Gasteiger partial charge in [-0.1, -0.05) is 18.2 Å². The maximum absolute atomic E-state index is 11.9. The number of hydrogen-bond donors (Lipinski definition) is 2. The third-order valence-corrected chi connectivity index (χ3v) is 3.36. The quantitative estimate of drug-likeness (QED) is 0.467. The van der Waals surface area contributed by atoms with Gasteiger partial charge in [-0.05, 0) is 24.3 Å². The fourth-order valence-electron chi connectivity index (χ4n) is 2.15. The molecule has 0 aromatic heterocycles. The van der Waals surface area contributed by atoms with Gasteiger partial charge in [-0.15, -0.1) is 0 Å². The predicted molar refractivity (Wildman–Crippen MR) is 96.9 cm³/mol. The van der Waals surface area contributed by atoms with Gasteiger partial charge in [0.15, 0.2) is 11.5 Å². The van der Waals surface area contributed by atoms with Crippen LogP contribution in [0.15, 0.2) is 47.6 Å². The first-order valence-electron chi connectivity index (χ1n) is 7.59. The third kappa shape index (κ3) is 4.50. The SMILES string of the molecule is COc1ccccc1NC(=O)C(=O)N/N=C/c1cccc(OC)c1OC. The second kappa shape index (κ2) is 9.07. The third-order valence-electron chi connectivity index (χ3n) is 3.36. The van der Waals surface area contributed by atoms with E-state index in [1.54, 1.807) is 42.5 Å². The van der Waals surface area contributed by atoms with E-state index in [-0.39, 0.29) is 0 Å². The molecule has 2 rings (SSSR count). The summed E-state index contributed by atoms with van der Waals surface area (Å²) in [5.74, 6) is -0.361. The van der Waals surface area contributed by atoms with Crippen molar-refractivity contribution in [1.82, 2.24) is 5.43 Å². The number of carbonyl (C=O) groups excluding carboxylic acids is 2. The lowest BCUT2D eigenvalue weighted by atomic mass is 10.2. The number of hydrazone groups is 1. The molecule has 0 radical (unpaired) electrons. The molecule has 26 heavy (non-hydrogen) atoms. The summed E-state index contributed by atoms with van der Waals surface area (Å²) in [6.45, 7) is 0. The minimum atomic E-state index is -0.922. The van der Waals surface area contributed by atoms with E-state index in [1.165, 1.54) is 27.5 Å². The molecule has 0 aliphatic carbocycles. The van der Waals surface area contributed by atoms with Crippen molar-refractivity contribution in [1.29, 1.82) is 0 Å². The summed E-state index contributed by atoms with van der Waals surface area (Å²) in [6.07, 6.45) is 1.36. The van der Waals surface area contributed by atoms with Gasteiger partial charge in [-0.2, -0.15) is 5.10 Å². The average molecular weight is 357 g/mol. The Hall–Kier alpha value is -3.55. The van der Waals surface area contributed by atoms with Crippen LogP contribution in [0, 0.1) is 0 Å². The smallest absolute Gasteiger partial charge is 0.329 e. The molecule has 0 unspecified atom stereocenters. The Morgan fingerprint density at radius 1 is 0.885 bits per heavy atom. The molecule has 0 aliphatic heterocycles. The Bertz CT molecular complexity index is 820. The topological polar surface area (TPSA) is 98.2 Å². The van der Waals surface area contributed by atoms with E-state index in [0.29, 0.717) is 28.5 Å². The highest BCUT2D eigenvalue weighted by Crippen LogP contribution is 2.29. The molecule has 2 amide bonds. The van der Waals surface area contributed by atoms with Crippen molar-refractivity contribution in [3.8, 4) is 17.2 Å². The first-order valence-corrected chi connectivity index (χ1v) is 7.59. The molecule has 0 fully saturated rings. The standard InChI is InChI=1S/C18H19N3O5/c1-24-14-9-5-4-8-13(14)20-17(22)18(23)21-19-11-12-7-6-10-15(25-2)16(12)26-3/h4-11H,1-3H3,(H,20,22)(H,21,23)/b19-11+. The summed E-state index contributed by atoms with van der Waals surface area (Å²) >= 11 is 0. The molecular weight excluding hydrogens is 338 g/mol. The van der Waals surface area contributed by atoms with E-state index in [0.717, 1.165) is 0 Å². The number of carbonyl (C=O) groups is 2. The first-order chi connectivity index (χ1) is 12.6. The number of rotatable bonds is 6. The van der Waals surface area contributed by atoms with Crippen LogP contribution in [-0.2, 0) is 9.59 Å². The molecule has 2 aromatic rings. The zero-order valence-corrected chi connectivity index (χ0v) is 14.6. The summed E-state index contributed by atoms with van der Waals surface area (Å²) < 4.78 is 15.5. The second-order valence-electron chi connectivity index (χ2n) is 4.94. The number of anilines is 1. The van der Waals surface area contributed by atoms with Gasteiger partial charge < -0.3 is 19.5 Å². The molecule has 2 aromatic carbocycles. The van der Waals surface area contributed by atoms with Crippen LogP contribution in [0.2, 0.25) is 0 Å². The fraction of sp³-hybridized carbons (Fsp3) is 0.167. The minimum Gasteiger partial charge on any atom is -0.495 e. The van der Waals surface area contributed by atoms with Crippen LogP contribution in [0.4, 0.5) is 5.69 Å². The molecule has 8 nitrogen and oxygen atoms in total. The van der Waals surface area contributed by atoms with Gasteiger partial charge in [0.1, 0.15) is 5.75 Å². The van der Waals surface area contributed by atoms with Crippen molar-refractivity contribution in [3.05, 3.63) is 48.0 Å². The molecule has 0 heterocycles. The lowest BCUT2D eigenvalue weighted by Gasteiger charge is -2.10. The molecular formula is C18H19N3O5. The Kier molecular flexibility index (Phi) is 6.55. The van der Waals surface area contributed by atoms with E-state index in [1.807, 2.05) is 0 Å². The van der Waals surface area contributed by atoms with Crippen LogP contribution >= 0.6 is 0 Å². The summed E-state index contributed by atoms with van der Waals surface area (Å²) in [6, 6.07) is 12.0. The van der Waals surface area contributed by atoms with Crippen LogP contribution in [0.1, 0.15) is 5.56 Å². The largest absolute Gasteiger partial charge is 0.495 e. The number of benzene rings is 2. The Labute approximate surface area is 150 Å². The second-order valence-corrected chi connectivity index (χ2v) is 4.94. The van der Waals surface area contributed by atoms with Gasteiger partial charge >= 0.3 is 11.8 Å². The molecule has 136 valence electrons. The fourth-order valence-corrected chi connectivity index (χ4v) is 2.15. The lowest BCUT2D eigenvalue weighted by Crippen LogP contribution is -2.32. The van der Waals surface area contributed by atoms with Gasteiger partial charge in [-0.3, -0.25) is 9.59 Å². The Morgan fingerprint density at radius 3 is 2.27 bits per heavy atom. The minimum absolute atomic E-state index is 0.383. The van der Waals surface area contributed by atoms with Crippen molar-refractivity contribution < 1.29 is 23.8 Å². The molecule has 0 aliphatic rings. The summed E-state index contributed by atoms with van der Waals surface area (Å²) in [7, 11) is 4.48. The first kappa shape index (κ1) is 18.8. The van der Waals surface area contributed by atoms with E-state index < -0.39 is 11.8 Å². The number of nitrogens with one attached hydrogen (secondary N) is 2. The van der Waals surface area contributed by atoms with E-state index in [9.17, 15) is 9.59 Å². The lowest BCUT2D eigenvalue weighted by molar-refractivity contribution is -0.136. The number of nitrogens with zero attached hydrogens (tertiary/aromatic N) is 1. The highest BCUT2D eigenvalue weighted by molar-refractivity contribution is 6.39. The van der Waals surface area contributed by atoms with Crippen LogP contribution in [0.25, 0.3) is 0 Å². The average Bonchev–Trinajstić information content (AvgIpc) is 2.67. The number of para-hydroxylation sites is 3.